The summed E-state index contributed by atoms with van der Waals surface area (Å²) in [6.45, 7) is 0. The Labute approximate surface area is 321 Å². The lowest BCUT2D eigenvalue weighted by Gasteiger charge is -2.11. The van der Waals surface area contributed by atoms with Gasteiger partial charge in [-0.15, -0.1) is 22.7 Å². The average molecular weight is 735 g/mol. The molecule has 0 saturated heterocycles. The van der Waals surface area contributed by atoms with Gasteiger partial charge in [0.05, 0.1) is 37.3 Å². The van der Waals surface area contributed by atoms with E-state index in [0.717, 1.165) is 50.1 Å². The first-order valence-corrected chi connectivity index (χ1v) is 20.0. The fraction of sp³-hybridized carbons (Fsp3) is 0. The van der Waals surface area contributed by atoms with Crippen LogP contribution in [0, 0.1) is 0 Å². The average Bonchev–Trinajstić information content (AvgIpc) is 3.93. The molecule has 0 aliphatic heterocycles. The summed E-state index contributed by atoms with van der Waals surface area (Å²) in [6, 6.07) is 53.1. The van der Waals surface area contributed by atoms with Crippen LogP contribution in [0.3, 0.4) is 0 Å². The van der Waals surface area contributed by atoms with Gasteiger partial charge in [-0.2, -0.15) is 0 Å². The summed E-state index contributed by atoms with van der Waals surface area (Å²) in [5.74, 6) is 0. The number of pyridine rings is 3. The molecule has 13 rings (SSSR count). The summed E-state index contributed by atoms with van der Waals surface area (Å²) in [5, 5.41) is 13.5. The largest absolute Gasteiger partial charge is 0.291 e. The summed E-state index contributed by atoms with van der Waals surface area (Å²) in [4.78, 5) is 15.2. The Morgan fingerprint density at radius 1 is 0.455 bits per heavy atom. The van der Waals surface area contributed by atoms with Crippen molar-refractivity contribution in [2.75, 3.05) is 0 Å². The molecule has 254 valence electrons. The van der Waals surface area contributed by atoms with Gasteiger partial charge >= 0.3 is 0 Å². The zero-order chi connectivity index (χ0) is 35.8. The predicted octanol–water partition coefficient (Wildman–Crippen LogP) is 14.0. The first-order chi connectivity index (χ1) is 27.2. The second-order valence-electron chi connectivity index (χ2n) is 14.4. The highest BCUT2D eigenvalue weighted by molar-refractivity contribution is 7.27. The number of thiophene rings is 2. The van der Waals surface area contributed by atoms with Crippen LogP contribution in [0.25, 0.3) is 123 Å². The normalized spacial score (nSPS) is 12.4. The molecule has 0 N–H and O–H groups in total. The van der Waals surface area contributed by atoms with Gasteiger partial charge in [0.2, 0.25) is 0 Å². The first-order valence-electron chi connectivity index (χ1n) is 18.4. The molecular weight excluding hydrogens is 709 g/mol. The predicted molar refractivity (Wildman–Crippen MR) is 235 cm³/mol. The van der Waals surface area contributed by atoms with Crippen LogP contribution in [0.1, 0.15) is 0 Å². The maximum Gasteiger partial charge on any atom is 0.156 e. The zero-order valence-corrected chi connectivity index (χ0v) is 30.7. The highest BCUT2D eigenvalue weighted by atomic mass is 32.1. The fourth-order valence-electron chi connectivity index (χ4n) is 8.84. The highest BCUT2D eigenvalue weighted by Crippen LogP contribution is 2.45. The van der Waals surface area contributed by atoms with Crippen molar-refractivity contribution in [3.8, 4) is 22.5 Å². The van der Waals surface area contributed by atoms with Crippen molar-refractivity contribution in [2.24, 2.45) is 0 Å². The van der Waals surface area contributed by atoms with Crippen molar-refractivity contribution < 1.29 is 0 Å². The lowest BCUT2D eigenvalue weighted by Crippen LogP contribution is -1.94. The second kappa shape index (κ2) is 10.9. The van der Waals surface area contributed by atoms with Crippen molar-refractivity contribution in [3.63, 3.8) is 0 Å². The highest BCUT2D eigenvalue weighted by Gasteiger charge is 2.21. The van der Waals surface area contributed by atoms with Crippen molar-refractivity contribution in [1.82, 2.24) is 19.4 Å². The van der Waals surface area contributed by atoms with E-state index in [1.165, 1.54) is 72.7 Å². The number of aromatic nitrogens is 4. The summed E-state index contributed by atoms with van der Waals surface area (Å²) in [7, 11) is 0. The molecule has 0 fully saturated rings. The number of nitrogens with zero attached hydrogens (tertiary/aromatic N) is 4. The Bertz CT molecular complexity index is 3780. The van der Waals surface area contributed by atoms with E-state index in [2.05, 4.69) is 149 Å². The number of hydrogen-bond acceptors (Lipinski definition) is 5. The van der Waals surface area contributed by atoms with Crippen LogP contribution in [-0.2, 0) is 0 Å². The van der Waals surface area contributed by atoms with Crippen molar-refractivity contribution in [2.45, 2.75) is 0 Å². The van der Waals surface area contributed by atoms with E-state index >= 15 is 0 Å². The zero-order valence-electron chi connectivity index (χ0n) is 29.1. The third kappa shape index (κ3) is 4.18. The van der Waals surface area contributed by atoms with Gasteiger partial charge in [-0.25, -0.2) is 9.97 Å². The van der Waals surface area contributed by atoms with Gasteiger partial charge < -0.3 is 0 Å². The molecule has 0 aliphatic rings. The van der Waals surface area contributed by atoms with Crippen LogP contribution in [0.5, 0.6) is 0 Å². The van der Waals surface area contributed by atoms with E-state index in [-0.39, 0.29) is 0 Å². The molecule has 0 spiro atoms. The van der Waals surface area contributed by atoms with Crippen LogP contribution in [0.15, 0.2) is 158 Å². The lowest BCUT2D eigenvalue weighted by atomic mass is 10.0. The Kier molecular flexibility index (Phi) is 5.90. The molecule has 0 radical (unpaired) electrons. The number of benzene rings is 7. The molecule has 0 aliphatic carbocycles. The van der Waals surface area contributed by atoms with E-state index in [0.29, 0.717) is 0 Å². The van der Waals surface area contributed by atoms with E-state index in [4.69, 9.17) is 9.97 Å². The van der Waals surface area contributed by atoms with Crippen molar-refractivity contribution in [1.29, 1.82) is 0 Å². The second-order valence-corrected chi connectivity index (χ2v) is 16.5. The molecule has 13 aromatic rings. The van der Waals surface area contributed by atoms with Gasteiger partial charge in [-0.3, -0.25) is 9.38 Å². The topological polar surface area (TPSA) is 43.1 Å². The minimum absolute atomic E-state index is 0.957. The van der Waals surface area contributed by atoms with Gasteiger partial charge in [0.1, 0.15) is 0 Å². The molecule has 55 heavy (non-hydrogen) atoms. The molecule has 0 amide bonds. The molecular formula is C49H26N4S2. The Morgan fingerprint density at radius 2 is 1.18 bits per heavy atom. The van der Waals surface area contributed by atoms with Gasteiger partial charge in [0, 0.05) is 54.3 Å². The van der Waals surface area contributed by atoms with Crippen molar-refractivity contribution in [3.05, 3.63) is 158 Å². The SMILES string of the molecule is c1ccc2cc3cc4c(cc3cc2c1)nc1c2sc3ccc5ccccc5c3c2cc(-c2ccc(-c3nc5ccncc5c5c3sc3ccccc35)cc2)n41. The molecule has 4 nitrogen and oxygen atoms in total. The Morgan fingerprint density at radius 3 is 2.04 bits per heavy atom. The standard InChI is InChI=1S/C49H26N4S2/c1-2-9-31-22-33-24-41-39(23-32(33)21-30(31)8-1)52-49-47-36(44-34-10-4-3-7-27(34)17-18-43(44)55-47)25-40(53(41)49)28-13-15-29(16-14-28)46-48-45(35-11-5-6-12-42(35)54-48)37-26-50-20-19-38(37)51-46/h1-26H. The molecule has 7 aromatic carbocycles. The maximum atomic E-state index is 5.44. The first kappa shape index (κ1) is 29.7. The van der Waals surface area contributed by atoms with E-state index in [1.807, 2.05) is 41.1 Å². The van der Waals surface area contributed by atoms with Crippen LogP contribution in [0.2, 0.25) is 0 Å². The third-order valence-corrected chi connectivity index (χ3v) is 13.7. The van der Waals surface area contributed by atoms with Gasteiger partial charge in [-0.05, 0) is 86.4 Å². The molecule has 6 aromatic heterocycles. The maximum absolute atomic E-state index is 5.44. The Hall–Kier alpha value is -6.73. The summed E-state index contributed by atoms with van der Waals surface area (Å²) in [5.41, 5.74) is 8.41. The number of fused-ring (bicyclic) bond motifs is 16. The minimum atomic E-state index is 0.957. The number of imidazole rings is 1. The van der Waals surface area contributed by atoms with Crippen molar-refractivity contribution >= 4 is 123 Å². The number of rotatable bonds is 2. The molecule has 0 saturated carbocycles. The molecule has 6 heteroatoms. The van der Waals surface area contributed by atoms with E-state index in [1.54, 1.807) is 0 Å². The van der Waals surface area contributed by atoms with E-state index < -0.39 is 0 Å². The monoisotopic (exact) mass is 734 g/mol. The summed E-state index contributed by atoms with van der Waals surface area (Å²) >= 11 is 3.65. The molecule has 0 atom stereocenters. The van der Waals surface area contributed by atoms with Crippen LogP contribution in [0.4, 0.5) is 0 Å². The van der Waals surface area contributed by atoms with Gasteiger partial charge in [0.15, 0.2) is 5.65 Å². The van der Waals surface area contributed by atoms with Crippen LogP contribution < -0.4 is 0 Å². The lowest BCUT2D eigenvalue weighted by molar-refractivity contribution is 1.25. The summed E-state index contributed by atoms with van der Waals surface area (Å²) < 4.78 is 7.32. The third-order valence-electron chi connectivity index (χ3n) is 11.4. The molecule has 6 heterocycles. The quantitative estimate of drug-likeness (QED) is 0.166. The van der Waals surface area contributed by atoms with Crippen LogP contribution >= 0.6 is 22.7 Å². The van der Waals surface area contributed by atoms with Gasteiger partial charge in [-0.1, -0.05) is 97.1 Å². The smallest absolute Gasteiger partial charge is 0.156 e. The van der Waals surface area contributed by atoms with E-state index in [9.17, 15) is 0 Å². The van der Waals surface area contributed by atoms with Gasteiger partial charge in [0.25, 0.3) is 0 Å². The minimum Gasteiger partial charge on any atom is -0.291 e. The summed E-state index contributed by atoms with van der Waals surface area (Å²) in [6.07, 6.45) is 3.79. The fourth-order valence-corrected chi connectivity index (χ4v) is 11.2. The number of hydrogen-bond donors (Lipinski definition) is 0. The molecule has 0 bridgehead atoms. The molecule has 0 unspecified atom stereocenters. The van der Waals surface area contributed by atoms with Crippen LogP contribution in [-0.4, -0.2) is 19.4 Å². The Balaban J connectivity index is 1.10.